The summed E-state index contributed by atoms with van der Waals surface area (Å²) < 4.78 is 54.9. The fourth-order valence-electron chi connectivity index (χ4n) is 3.68. The Morgan fingerprint density at radius 2 is 0.833 bits per heavy atom. The third-order valence-electron chi connectivity index (χ3n) is 5.30. The fourth-order valence-corrected chi connectivity index (χ4v) is 4.59. The van der Waals surface area contributed by atoms with Gasteiger partial charge in [0.05, 0.1) is 12.5 Å². The van der Waals surface area contributed by atoms with Gasteiger partial charge in [0.2, 0.25) is 0 Å². The van der Waals surface area contributed by atoms with Crippen molar-refractivity contribution in [1.29, 1.82) is 0 Å². The van der Waals surface area contributed by atoms with Gasteiger partial charge in [0.25, 0.3) is 0 Å². The molecule has 14 heteroatoms. The first-order valence-electron chi connectivity index (χ1n) is 12.2. The predicted octanol–water partition coefficient (Wildman–Crippen LogP) is 5.32. The van der Waals surface area contributed by atoms with Crippen LogP contribution in [0, 0.1) is 0 Å². The zero-order valence-corrected chi connectivity index (χ0v) is 24.0. The van der Waals surface area contributed by atoms with Crippen LogP contribution in [0.2, 0.25) is 0 Å². The van der Waals surface area contributed by atoms with E-state index >= 15 is 0 Å². The van der Waals surface area contributed by atoms with E-state index < -0.39 is 32.3 Å². The summed E-state index contributed by atoms with van der Waals surface area (Å²) in [6.45, 7) is 0. The van der Waals surface area contributed by atoms with Crippen molar-refractivity contribution in [1.82, 2.24) is 0 Å². The average molecular weight is 611 g/mol. The topological polar surface area (TPSA) is 169 Å². The normalized spacial score (nSPS) is 11.2. The summed E-state index contributed by atoms with van der Waals surface area (Å²) in [5, 5.41) is 10.6. The van der Waals surface area contributed by atoms with Crippen LogP contribution in [0.4, 0.5) is 32.3 Å². The molecule has 0 atom stereocenters. The second-order valence-electron chi connectivity index (χ2n) is 8.94. The molecule has 4 aromatic carbocycles. The van der Waals surface area contributed by atoms with Crippen molar-refractivity contribution in [3.05, 3.63) is 97.1 Å². The van der Waals surface area contributed by atoms with E-state index in [0.29, 0.717) is 22.7 Å². The lowest BCUT2D eigenvalue weighted by atomic mass is 10.1. The number of anilines is 4. The summed E-state index contributed by atoms with van der Waals surface area (Å²) in [5.74, 6) is 0.154. The van der Waals surface area contributed by atoms with Gasteiger partial charge in [0.15, 0.2) is 0 Å². The van der Waals surface area contributed by atoms with Crippen molar-refractivity contribution < 1.29 is 34.8 Å². The number of nitrogens with one attached hydrogen (secondary N) is 4. The number of amides is 4. The molecule has 0 bridgehead atoms. The Bertz CT molecular complexity index is 1670. The van der Waals surface area contributed by atoms with Gasteiger partial charge < -0.3 is 29.6 Å². The average Bonchev–Trinajstić information content (AvgIpc) is 2.88. The lowest BCUT2D eigenvalue weighted by Crippen LogP contribution is -2.19. The van der Waals surface area contributed by atoms with Gasteiger partial charge in [-0.05, 0) is 59.7 Å². The SMILES string of the molecule is CS(=O)(=O)Oc1cccc(NC(=O)Nc2ccc(-c3ccc(NC(=O)Nc4cccc(OS(C)(=O)=O)c4)cc3)cc2)c1. The highest BCUT2D eigenvalue weighted by atomic mass is 32.2. The number of urea groups is 2. The van der Waals surface area contributed by atoms with E-state index in [9.17, 15) is 26.4 Å². The van der Waals surface area contributed by atoms with E-state index in [1.54, 1.807) is 48.5 Å². The molecule has 0 saturated carbocycles. The third-order valence-corrected chi connectivity index (χ3v) is 6.29. The maximum atomic E-state index is 12.4. The molecule has 0 heterocycles. The highest BCUT2D eigenvalue weighted by molar-refractivity contribution is 7.86. The molecule has 0 aliphatic heterocycles. The maximum Gasteiger partial charge on any atom is 0.323 e. The molecule has 42 heavy (non-hydrogen) atoms. The van der Waals surface area contributed by atoms with E-state index in [0.717, 1.165) is 23.6 Å². The molecule has 4 N–H and O–H groups in total. The van der Waals surface area contributed by atoms with Crippen molar-refractivity contribution in [3.63, 3.8) is 0 Å². The molecule has 0 saturated heterocycles. The molecular weight excluding hydrogens is 584 g/mol. The van der Waals surface area contributed by atoms with Gasteiger partial charge in [-0.3, -0.25) is 0 Å². The smallest absolute Gasteiger partial charge is 0.323 e. The highest BCUT2D eigenvalue weighted by Crippen LogP contribution is 2.24. The Labute approximate surface area is 242 Å². The molecule has 4 aromatic rings. The van der Waals surface area contributed by atoms with Crippen LogP contribution >= 0.6 is 0 Å². The summed E-state index contributed by atoms with van der Waals surface area (Å²) in [5.41, 5.74) is 3.49. The Kier molecular flexibility index (Phi) is 8.98. The number of hydrogen-bond donors (Lipinski definition) is 4. The second-order valence-corrected chi connectivity index (χ2v) is 12.1. The van der Waals surface area contributed by atoms with Crippen LogP contribution in [0.1, 0.15) is 0 Å². The molecule has 4 amide bonds. The van der Waals surface area contributed by atoms with Crippen molar-refractivity contribution >= 4 is 55.0 Å². The van der Waals surface area contributed by atoms with Crippen LogP contribution in [0.25, 0.3) is 11.1 Å². The first kappa shape index (κ1) is 29.9. The van der Waals surface area contributed by atoms with Crippen LogP contribution in [0.5, 0.6) is 11.5 Å². The Morgan fingerprint density at radius 3 is 1.17 bits per heavy atom. The van der Waals surface area contributed by atoms with E-state index in [4.69, 9.17) is 8.37 Å². The molecule has 0 aliphatic carbocycles. The van der Waals surface area contributed by atoms with Gasteiger partial charge in [0, 0.05) is 34.9 Å². The molecule has 0 unspecified atom stereocenters. The lowest BCUT2D eigenvalue weighted by molar-refractivity contribution is 0.261. The Morgan fingerprint density at radius 1 is 0.500 bits per heavy atom. The fraction of sp³-hybridized carbons (Fsp3) is 0.0714. The van der Waals surface area contributed by atoms with Crippen molar-refractivity contribution in [2.75, 3.05) is 33.8 Å². The highest BCUT2D eigenvalue weighted by Gasteiger charge is 2.09. The van der Waals surface area contributed by atoms with Gasteiger partial charge >= 0.3 is 32.3 Å². The lowest BCUT2D eigenvalue weighted by Gasteiger charge is -2.11. The van der Waals surface area contributed by atoms with Gasteiger partial charge in [-0.1, -0.05) is 36.4 Å². The van der Waals surface area contributed by atoms with Crippen molar-refractivity contribution in [3.8, 4) is 22.6 Å². The van der Waals surface area contributed by atoms with E-state index in [-0.39, 0.29) is 11.5 Å². The molecule has 0 aliphatic rings. The minimum Gasteiger partial charge on any atom is -0.383 e. The first-order chi connectivity index (χ1) is 19.8. The molecule has 0 spiro atoms. The van der Waals surface area contributed by atoms with E-state index in [1.807, 2.05) is 24.3 Å². The molecule has 0 radical (unpaired) electrons. The monoisotopic (exact) mass is 610 g/mol. The minimum atomic E-state index is -3.69. The van der Waals surface area contributed by atoms with Crippen LogP contribution in [0.15, 0.2) is 97.1 Å². The molecule has 0 fully saturated rings. The second kappa shape index (κ2) is 12.6. The maximum absolute atomic E-state index is 12.4. The van der Waals surface area contributed by atoms with Crippen LogP contribution < -0.4 is 29.6 Å². The predicted molar refractivity (Wildman–Crippen MR) is 161 cm³/mol. The van der Waals surface area contributed by atoms with Gasteiger partial charge in [-0.25, -0.2) is 9.59 Å². The molecule has 218 valence electrons. The van der Waals surface area contributed by atoms with Crippen LogP contribution in [-0.4, -0.2) is 41.4 Å². The van der Waals surface area contributed by atoms with E-state index in [1.165, 1.54) is 24.3 Å². The number of benzene rings is 4. The zero-order chi connectivity index (χ0) is 30.3. The summed E-state index contributed by atoms with van der Waals surface area (Å²) in [6, 6.07) is 25.1. The van der Waals surface area contributed by atoms with Crippen molar-refractivity contribution in [2.45, 2.75) is 0 Å². The van der Waals surface area contributed by atoms with Gasteiger partial charge in [-0.15, -0.1) is 0 Å². The minimum absolute atomic E-state index is 0.0771. The zero-order valence-electron chi connectivity index (χ0n) is 22.3. The Hall–Kier alpha value is -5.08. The largest absolute Gasteiger partial charge is 0.383 e. The molecule has 0 aromatic heterocycles. The summed E-state index contributed by atoms with van der Waals surface area (Å²) in [6.07, 6.45) is 1.86. The standard InChI is InChI=1S/C28H26N4O8S2/c1-41(35,36)39-25-7-3-5-23(17-25)31-27(33)29-21-13-9-19(10-14-21)20-11-15-22(16-12-20)30-28(34)32-24-6-4-8-26(18-24)40-42(2,37)38/h3-18H,1-2H3,(H2,29,31,33)(H2,30,32,34). The van der Waals surface area contributed by atoms with Crippen LogP contribution in [-0.2, 0) is 20.2 Å². The summed E-state index contributed by atoms with van der Waals surface area (Å²) in [4.78, 5) is 24.8. The van der Waals surface area contributed by atoms with Crippen LogP contribution in [0.3, 0.4) is 0 Å². The number of carbonyl (C=O) groups is 2. The quantitative estimate of drug-likeness (QED) is 0.185. The molecule has 12 nitrogen and oxygen atoms in total. The van der Waals surface area contributed by atoms with Crippen molar-refractivity contribution in [2.24, 2.45) is 0 Å². The number of hydrogen-bond acceptors (Lipinski definition) is 8. The Balaban J connectivity index is 1.31. The molecular formula is C28H26N4O8S2. The van der Waals surface area contributed by atoms with E-state index in [2.05, 4.69) is 21.3 Å². The number of carbonyl (C=O) groups excluding carboxylic acids is 2. The van der Waals surface area contributed by atoms with Gasteiger partial charge in [0.1, 0.15) is 11.5 Å². The van der Waals surface area contributed by atoms with Gasteiger partial charge in [-0.2, -0.15) is 16.8 Å². The first-order valence-corrected chi connectivity index (χ1v) is 15.8. The number of rotatable bonds is 9. The summed E-state index contributed by atoms with van der Waals surface area (Å²) >= 11 is 0. The third kappa shape index (κ3) is 9.53. The summed E-state index contributed by atoms with van der Waals surface area (Å²) in [7, 11) is -7.39. The molecule has 4 rings (SSSR count).